The molecule has 1 N–H and O–H groups in total. The molecule has 1 fully saturated rings. The maximum Gasteiger partial charge on any atom is 0.117 e. The van der Waals surface area contributed by atoms with E-state index < -0.39 is 11.7 Å². The van der Waals surface area contributed by atoms with Crippen LogP contribution in [-0.4, -0.2) is 30.5 Å². The van der Waals surface area contributed by atoms with Gasteiger partial charge >= 0.3 is 0 Å². The Bertz CT molecular complexity index is 355. The molecule has 17 heavy (non-hydrogen) atoms. The first-order valence-electron chi connectivity index (χ1n) is 5.83. The van der Waals surface area contributed by atoms with Crippen molar-refractivity contribution in [2.75, 3.05) is 19.8 Å². The van der Waals surface area contributed by atoms with Crippen LogP contribution in [0.4, 0.5) is 0 Å². The van der Waals surface area contributed by atoms with Gasteiger partial charge in [0.1, 0.15) is 11.7 Å². The molecular weight excluding hydrogens is 260 g/mol. The van der Waals surface area contributed by atoms with Crippen LogP contribution in [0.25, 0.3) is 0 Å². The Morgan fingerprint density at radius 1 is 1.53 bits per heavy atom. The standard InChI is InChI=1S/C12H17ClO3S/c1-2-16-12(5-7-15-8-6-12)11(14)9-3-4-10(13)17-9/h3-4,11,14H,2,5-8H2,1H3. The average molecular weight is 277 g/mol. The number of aliphatic hydroxyl groups excluding tert-OH is 1. The first kappa shape index (κ1) is 13.3. The zero-order valence-corrected chi connectivity index (χ0v) is 11.4. The number of hydrogen-bond donors (Lipinski definition) is 1. The molecule has 1 unspecified atom stereocenters. The third-order valence-corrected chi connectivity index (χ3v) is 4.42. The number of thiophene rings is 1. The Morgan fingerprint density at radius 2 is 2.24 bits per heavy atom. The summed E-state index contributed by atoms with van der Waals surface area (Å²) in [5.74, 6) is 0. The zero-order chi connectivity index (χ0) is 12.3. The monoisotopic (exact) mass is 276 g/mol. The first-order chi connectivity index (χ1) is 8.18. The minimum Gasteiger partial charge on any atom is -0.385 e. The smallest absolute Gasteiger partial charge is 0.117 e. The van der Waals surface area contributed by atoms with Crippen LogP contribution in [0.1, 0.15) is 30.7 Å². The SMILES string of the molecule is CCOC1(C(O)c2ccc(Cl)s2)CCOCC1. The Kier molecular flexibility index (Phi) is 4.44. The molecule has 0 amide bonds. The van der Waals surface area contributed by atoms with Gasteiger partial charge in [-0.15, -0.1) is 11.3 Å². The van der Waals surface area contributed by atoms with Crippen LogP contribution in [-0.2, 0) is 9.47 Å². The predicted molar refractivity (Wildman–Crippen MR) is 68.7 cm³/mol. The number of halogens is 1. The molecule has 3 nitrogen and oxygen atoms in total. The van der Waals surface area contributed by atoms with Crippen LogP contribution >= 0.6 is 22.9 Å². The van der Waals surface area contributed by atoms with E-state index in [0.717, 1.165) is 17.7 Å². The van der Waals surface area contributed by atoms with Gasteiger partial charge in [0.25, 0.3) is 0 Å². The summed E-state index contributed by atoms with van der Waals surface area (Å²) in [6.45, 7) is 3.81. The van der Waals surface area contributed by atoms with Gasteiger partial charge in [-0.1, -0.05) is 11.6 Å². The molecule has 0 saturated carbocycles. The van der Waals surface area contributed by atoms with E-state index >= 15 is 0 Å². The summed E-state index contributed by atoms with van der Waals surface area (Å²) < 4.78 is 11.9. The summed E-state index contributed by atoms with van der Waals surface area (Å²) in [5.41, 5.74) is -0.513. The molecule has 2 rings (SSSR count). The summed E-state index contributed by atoms with van der Waals surface area (Å²) in [6, 6.07) is 3.68. The normalized spacial score (nSPS) is 21.4. The highest BCUT2D eigenvalue weighted by Crippen LogP contribution is 2.40. The molecule has 0 radical (unpaired) electrons. The van der Waals surface area contributed by atoms with Gasteiger partial charge in [-0.2, -0.15) is 0 Å². The molecule has 1 aromatic heterocycles. The van der Waals surface area contributed by atoms with Crippen LogP contribution in [0.15, 0.2) is 12.1 Å². The average Bonchev–Trinajstić information content (AvgIpc) is 2.76. The summed E-state index contributed by atoms with van der Waals surface area (Å²) in [5, 5.41) is 10.5. The molecule has 0 spiro atoms. The van der Waals surface area contributed by atoms with Gasteiger partial charge in [-0.3, -0.25) is 0 Å². The minimum atomic E-state index is -0.621. The Labute approximate surface area is 110 Å². The molecule has 1 atom stereocenters. The van der Waals surface area contributed by atoms with Gasteiger partial charge in [0, 0.05) is 37.5 Å². The van der Waals surface area contributed by atoms with E-state index in [4.69, 9.17) is 21.1 Å². The molecule has 0 bridgehead atoms. The lowest BCUT2D eigenvalue weighted by molar-refractivity contribution is -0.167. The number of rotatable bonds is 4. The largest absolute Gasteiger partial charge is 0.385 e. The molecule has 0 aromatic carbocycles. The topological polar surface area (TPSA) is 38.7 Å². The summed E-state index contributed by atoms with van der Waals surface area (Å²) >= 11 is 7.32. The maximum atomic E-state index is 10.5. The fraction of sp³-hybridized carbons (Fsp3) is 0.667. The van der Waals surface area contributed by atoms with Crippen LogP contribution in [0.3, 0.4) is 0 Å². The quantitative estimate of drug-likeness (QED) is 0.919. The second kappa shape index (κ2) is 5.67. The summed E-state index contributed by atoms with van der Waals surface area (Å²) in [7, 11) is 0. The minimum absolute atomic E-state index is 0.513. The lowest BCUT2D eigenvalue weighted by Gasteiger charge is -2.40. The molecular formula is C12H17ClO3S. The molecule has 1 aliphatic rings. The van der Waals surface area contributed by atoms with Crippen molar-refractivity contribution in [2.45, 2.75) is 31.5 Å². The fourth-order valence-corrected chi connectivity index (χ4v) is 3.39. The number of aliphatic hydroxyl groups is 1. The molecule has 5 heteroatoms. The number of hydrogen-bond acceptors (Lipinski definition) is 4. The van der Waals surface area contributed by atoms with Gasteiger partial charge in [0.2, 0.25) is 0 Å². The van der Waals surface area contributed by atoms with Crippen molar-refractivity contribution < 1.29 is 14.6 Å². The highest BCUT2D eigenvalue weighted by atomic mass is 35.5. The molecule has 2 heterocycles. The summed E-state index contributed by atoms with van der Waals surface area (Å²) in [6.07, 6.45) is 0.818. The third kappa shape index (κ3) is 2.83. The molecule has 96 valence electrons. The highest BCUT2D eigenvalue weighted by Gasteiger charge is 2.41. The van der Waals surface area contributed by atoms with Crippen molar-refractivity contribution >= 4 is 22.9 Å². The second-order valence-corrected chi connectivity index (χ2v) is 5.90. The highest BCUT2D eigenvalue weighted by molar-refractivity contribution is 7.16. The van der Waals surface area contributed by atoms with E-state index in [-0.39, 0.29) is 0 Å². The van der Waals surface area contributed by atoms with Gasteiger partial charge in [-0.05, 0) is 19.1 Å². The molecule has 0 aliphatic carbocycles. The predicted octanol–water partition coefficient (Wildman–Crippen LogP) is 3.02. The van der Waals surface area contributed by atoms with Crippen molar-refractivity contribution in [1.29, 1.82) is 0 Å². The Morgan fingerprint density at radius 3 is 2.76 bits per heavy atom. The lowest BCUT2D eigenvalue weighted by Crippen LogP contribution is -2.44. The van der Waals surface area contributed by atoms with E-state index in [0.29, 0.717) is 24.2 Å². The van der Waals surface area contributed by atoms with E-state index in [2.05, 4.69) is 0 Å². The van der Waals surface area contributed by atoms with Gasteiger partial charge in [0.05, 0.1) is 4.34 Å². The fourth-order valence-electron chi connectivity index (χ4n) is 2.24. The van der Waals surface area contributed by atoms with Crippen LogP contribution < -0.4 is 0 Å². The molecule has 1 saturated heterocycles. The van der Waals surface area contributed by atoms with Crippen molar-refractivity contribution in [1.82, 2.24) is 0 Å². The number of ether oxygens (including phenoxy) is 2. The van der Waals surface area contributed by atoms with Crippen molar-refractivity contribution in [3.8, 4) is 0 Å². The zero-order valence-electron chi connectivity index (χ0n) is 9.82. The van der Waals surface area contributed by atoms with Crippen LogP contribution in [0.2, 0.25) is 4.34 Å². The molecule has 1 aromatic rings. The van der Waals surface area contributed by atoms with Gasteiger partial charge in [0.15, 0.2) is 0 Å². The van der Waals surface area contributed by atoms with Crippen molar-refractivity contribution in [3.05, 3.63) is 21.3 Å². The van der Waals surface area contributed by atoms with Crippen LogP contribution in [0, 0.1) is 0 Å². The Hall–Kier alpha value is -0.130. The lowest BCUT2D eigenvalue weighted by atomic mass is 9.87. The maximum absolute atomic E-state index is 10.5. The summed E-state index contributed by atoms with van der Waals surface area (Å²) in [4.78, 5) is 0.866. The van der Waals surface area contributed by atoms with Crippen molar-refractivity contribution in [2.24, 2.45) is 0 Å². The van der Waals surface area contributed by atoms with Gasteiger partial charge < -0.3 is 14.6 Å². The third-order valence-electron chi connectivity index (χ3n) is 3.13. The van der Waals surface area contributed by atoms with E-state index in [1.165, 1.54) is 11.3 Å². The van der Waals surface area contributed by atoms with Crippen LogP contribution in [0.5, 0.6) is 0 Å². The van der Waals surface area contributed by atoms with E-state index in [1.54, 1.807) is 0 Å². The van der Waals surface area contributed by atoms with Crippen molar-refractivity contribution in [3.63, 3.8) is 0 Å². The Balaban J connectivity index is 2.20. The van der Waals surface area contributed by atoms with E-state index in [1.807, 2.05) is 19.1 Å². The first-order valence-corrected chi connectivity index (χ1v) is 7.02. The molecule has 1 aliphatic heterocycles. The van der Waals surface area contributed by atoms with Gasteiger partial charge in [-0.25, -0.2) is 0 Å². The second-order valence-electron chi connectivity index (χ2n) is 4.15. The van der Waals surface area contributed by atoms with E-state index in [9.17, 15) is 5.11 Å².